The van der Waals surface area contributed by atoms with E-state index >= 15 is 0 Å². The number of fused-ring (bicyclic) bond motifs is 1. The first-order valence-electron chi connectivity index (χ1n) is 6.03. The molecule has 2 heterocycles. The molecule has 0 saturated carbocycles. The van der Waals surface area contributed by atoms with Crippen LogP contribution in [0, 0.1) is 0 Å². The molecule has 0 aliphatic carbocycles. The van der Waals surface area contributed by atoms with Crippen LogP contribution in [-0.4, -0.2) is 17.1 Å². The van der Waals surface area contributed by atoms with Gasteiger partial charge in [-0.1, -0.05) is 30.3 Å². The molecule has 0 spiro atoms. The second-order valence-electron chi connectivity index (χ2n) is 4.51. The fraction of sp³-hybridized carbons (Fsp3) is 0.143. The van der Waals surface area contributed by atoms with E-state index in [2.05, 4.69) is 17.2 Å². The Bertz CT molecular complexity index is 669. The van der Waals surface area contributed by atoms with E-state index in [1.54, 1.807) is 18.2 Å². The highest BCUT2D eigenvalue weighted by molar-refractivity contribution is 8.05. The van der Waals surface area contributed by atoms with Crippen molar-refractivity contribution in [3.05, 3.63) is 52.0 Å². The van der Waals surface area contributed by atoms with Crippen LogP contribution >= 0.6 is 23.4 Å². The first-order chi connectivity index (χ1) is 9.56. The number of benzene rings is 1. The van der Waals surface area contributed by atoms with E-state index in [9.17, 15) is 9.59 Å². The number of amides is 2. The van der Waals surface area contributed by atoms with Gasteiger partial charge in [-0.05, 0) is 18.6 Å². The Hall–Kier alpha value is -1.72. The lowest BCUT2D eigenvalue weighted by Crippen LogP contribution is -2.20. The summed E-state index contributed by atoms with van der Waals surface area (Å²) in [6.45, 7) is 4.00. The van der Waals surface area contributed by atoms with Gasteiger partial charge in [-0.2, -0.15) is 0 Å². The van der Waals surface area contributed by atoms with Crippen LogP contribution in [0.25, 0.3) is 0 Å². The summed E-state index contributed by atoms with van der Waals surface area (Å²) < 4.78 is 0.754. The Balaban J connectivity index is 1.84. The number of rotatable bonds is 3. The molecule has 1 atom stereocenters. The molecular formula is C14H11ClN2O2S. The van der Waals surface area contributed by atoms with Crippen LogP contribution in [0.15, 0.2) is 40.9 Å². The number of anilines is 1. The van der Waals surface area contributed by atoms with Crippen LogP contribution in [0.5, 0.6) is 0 Å². The van der Waals surface area contributed by atoms with Crippen LogP contribution in [0.3, 0.4) is 0 Å². The summed E-state index contributed by atoms with van der Waals surface area (Å²) in [5, 5.41) is 5.56. The van der Waals surface area contributed by atoms with E-state index in [1.165, 1.54) is 11.8 Å². The van der Waals surface area contributed by atoms with Crippen LogP contribution in [0.2, 0.25) is 0 Å². The molecule has 6 heteroatoms. The predicted molar refractivity (Wildman–Crippen MR) is 80.9 cm³/mol. The first-order valence-corrected chi connectivity index (χ1v) is 7.29. The van der Waals surface area contributed by atoms with Crippen LogP contribution in [0.4, 0.5) is 5.69 Å². The molecular weight excluding hydrogens is 296 g/mol. The summed E-state index contributed by atoms with van der Waals surface area (Å²) in [5.41, 5.74) is 2.13. The van der Waals surface area contributed by atoms with E-state index in [0.717, 1.165) is 16.5 Å². The number of allylic oxidation sites excluding steroid dienone is 1. The summed E-state index contributed by atoms with van der Waals surface area (Å²) >= 11 is 7.46. The molecule has 2 aliphatic heterocycles. The summed E-state index contributed by atoms with van der Waals surface area (Å²) in [6, 6.07) is 5.13. The maximum Gasteiger partial charge on any atom is 0.261 e. The lowest BCUT2D eigenvalue weighted by Gasteiger charge is -2.16. The number of halogens is 1. The number of hydrogen-bond donors (Lipinski definition) is 2. The Labute approximate surface area is 125 Å². The van der Waals surface area contributed by atoms with Crippen molar-refractivity contribution in [2.24, 2.45) is 0 Å². The summed E-state index contributed by atoms with van der Waals surface area (Å²) in [4.78, 5) is 23.4. The number of imide groups is 1. The molecule has 3 rings (SSSR count). The lowest BCUT2D eigenvalue weighted by molar-refractivity contribution is 0.0880. The SMILES string of the molecule is C=C(Nc1cccc2c1C(=O)NC2=O)C1CC=C(Cl)S1. The molecule has 1 aromatic carbocycles. The second-order valence-corrected chi connectivity index (χ2v) is 6.39. The van der Waals surface area contributed by atoms with Gasteiger partial charge in [0, 0.05) is 5.70 Å². The average Bonchev–Trinajstić information content (AvgIpc) is 2.96. The molecule has 1 aromatic rings. The highest BCUT2D eigenvalue weighted by Gasteiger charge is 2.30. The topological polar surface area (TPSA) is 58.2 Å². The van der Waals surface area contributed by atoms with E-state index in [4.69, 9.17) is 11.6 Å². The van der Waals surface area contributed by atoms with Crippen molar-refractivity contribution < 1.29 is 9.59 Å². The Morgan fingerprint density at radius 1 is 1.40 bits per heavy atom. The molecule has 102 valence electrons. The maximum absolute atomic E-state index is 11.8. The van der Waals surface area contributed by atoms with Crippen molar-refractivity contribution in [3.8, 4) is 0 Å². The minimum absolute atomic E-state index is 0.138. The van der Waals surface area contributed by atoms with Gasteiger partial charge in [-0.15, -0.1) is 11.8 Å². The predicted octanol–water partition coefficient (Wildman–Crippen LogP) is 3.08. The molecule has 4 nitrogen and oxygen atoms in total. The zero-order valence-electron chi connectivity index (χ0n) is 10.4. The van der Waals surface area contributed by atoms with Gasteiger partial charge in [0.25, 0.3) is 11.8 Å². The number of hydrogen-bond acceptors (Lipinski definition) is 4. The Morgan fingerprint density at radius 3 is 2.90 bits per heavy atom. The van der Waals surface area contributed by atoms with E-state index in [1.807, 2.05) is 6.08 Å². The number of carbonyl (C=O) groups is 2. The van der Waals surface area contributed by atoms with Crippen molar-refractivity contribution >= 4 is 40.9 Å². The quantitative estimate of drug-likeness (QED) is 0.843. The molecule has 2 aliphatic rings. The second kappa shape index (κ2) is 5.00. The molecule has 0 bridgehead atoms. The largest absolute Gasteiger partial charge is 0.358 e. The van der Waals surface area contributed by atoms with Gasteiger partial charge in [-0.3, -0.25) is 14.9 Å². The van der Waals surface area contributed by atoms with Crippen LogP contribution in [-0.2, 0) is 0 Å². The van der Waals surface area contributed by atoms with Gasteiger partial charge in [0.15, 0.2) is 0 Å². The smallest absolute Gasteiger partial charge is 0.261 e. The fourth-order valence-electron chi connectivity index (χ4n) is 2.22. The highest BCUT2D eigenvalue weighted by atomic mass is 35.5. The van der Waals surface area contributed by atoms with Gasteiger partial charge in [-0.25, -0.2) is 0 Å². The van der Waals surface area contributed by atoms with Crippen molar-refractivity contribution in [1.82, 2.24) is 5.32 Å². The molecule has 0 radical (unpaired) electrons. The van der Waals surface area contributed by atoms with Gasteiger partial charge in [0.05, 0.1) is 26.4 Å². The van der Waals surface area contributed by atoms with Crippen LogP contribution in [0.1, 0.15) is 27.1 Å². The fourth-order valence-corrected chi connectivity index (χ4v) is 3.49. The van der Waals surface area contributed by atoms with Crippen molar-refractivity contribution in [1.29, 1.82) is 0 Å². The first kappa shape index (κ1) is 13.3. The van der Waals surface area contributed by atoms with Crippen molar-refractivity contribution in [3.63, 3.8) is 0 Å². The highest BCUT2D eigenvalue weighted by Crippen LogP contribution is 2.38. The van der Waals surface area contributed by atoms with Gasteiger partial charge in [0.1, 0.15) is 0 Å². The third-order valence-electron chi connectivity index (χ3n) is 3.19. The van der Waals surface area contributed by atoms with E-state index < -0.39 is 0 Å². The molecule has 0 fully saturated rings. The van der Waals surface area contributed by atoms with Gasteiger partial charge >= 0.3 is 0 Å². The zero-order chi connectivity index (χ0) is 14.3. The summed E-state index contributed by atoms with van der Waals surface area (Å²) in [7, 11) is 0. The number of thioether (sulfide) groups is 1. The average molecular weight is 307 g/mol. The van der Waals surface area contributed by atoms with Gasteiger partial charge in [0.2, 0.25) is 0 Å². The third-order valence-corrected chi connectivity index (χ3v) is 4.77. The maximum atomic E-state index is 11.8. The van der Waals surface area contributed by atoms with Gasteiger partial charge < -0.3 is 5.32 Å². The third kappa shape index (κ3) is 2.23. The molecule has 2 amide bonds. The van der Waals surface area contributed by atoms with Crippen LogP contribution < -0.4 is 10.6 Å². The normalized spacial score (nSPS) is 20.4. The van der Waals surface area contributed by atoms with Crippen molar-refractivity contribution in [2.75, 3.05) is 5.32 Å². The van der Waals surface area contributed by atoms with Crippen molar-refractivity contribution in [2.45, 2.75) is 11.7 Å². The monoisotopic (exact) mass is 306 g/mol. The molecule has 20 heavy (non-hydrogen) atoms. The van der Waals surface area contributed by atoms with E-state index in [0.29, 0.717) is 16.8 Å². The minimum Gasteiger partial charge on any atom is -0.358 e. The number of nitrogens with one attached hydrogen (secondary N) is 2. The van der Waals surface area contributed by atoms with E-state index in [-0.39, 0.29) is 17.1 Å². The lowest BCUT2D eigenvalue weighted by atomic mass is 10.1. The standard InChI is InChI=1S/C14H11ClN2O2S/c1-7(10-5-6-11(15)20-10)16-9-4-2-3-8-12(9)14(19)17-13(8)18/h2-4,6,10,16H,1,5H2,(H,17,18,19). The minimum atomic E-state index is -0.379. The molecule has 0 saturated heterocycles. The molecule has 2 N–H and O–H groups in total. The number of carbonyl (C=O) groups excluding carboxylic acids is 2. The molecule has 0 aromatic heterocycles. The summed E-state index contributed by atoms with van der Waals surface area (Å²) in [5.74, 6) is -0.740. The molecule has 1 unspecified atom stereocenters. The summed E-state index contributed by atoms with van der Waals surface area (Å²) in [6.07, 6.45) is 2.74. The zero-order valence-corrected chi connectivity index (χ0v) is 12.0. The Morgan fingerprint density at radius 2 is 2.20 bits per heavy atom. The Kier molecular flexibility index (Phi) is 3.31.